The molecule has 19 heavy (non-hydrogen) atoms. The van der Waals surface area contributed by atoms with Crippen molar-refractivity contribution < 1.29 is 9.59 Å². The summed E-state index contributed by atoms with van der Waals surface area (Å²) in [6, 6.07) is 7.04. The Hall–Kier alpha value is -1.59. The molecular weight excluding hydrogens is 266 g/mol. The summed E-state index contributed by atoms with van der Waals surface area (Å²) in [6.07, 6.45) is 1.73. The van der Waals surface area contributed by atoms with Crippen LogP contribution in [-0.4, -0.2) is 37.0 Å². The molecule has 1 rings (SSSR count). The fourth-order valence-electron chi connectivity index (χ4n) is 1.57. The number of urea groups is 1. The summed E-state index contributed by atoms with van der Waals surface area (Å²) >= 11 is 6.00. The molecule has 5 nitrogen and oxygen atoms in total. The van der Waals surface area contributed by atoms with Crippen molar-refractivity contribution >= 4 is 24.0 Å². The second kappa shape index (κ2) is 8.50. The molecule has 0 unspecified atom stereocenters. The number of amides is 3. The maximum Gasteiger partial charge on any atom is 0.323 e. The quantitative estimate of drug-likeness (QED) is 0.743. The highest BCUT2D eigenvalue weighted by Gasteiger charge is 2.10. The highest BCUT2D eigenvalue weighted by Crippen LogP contribution is 2.14. The number of benzene rings is 1. The number of nitrogens with one attached hydrogen (secondary N) is 1. The lowest BCUT2D eigenvalue weighted by Gasteiger charge is -2.15. The van der Waals surface area contributed by atoms with Gasteiger partial charge in [-0.25, -0.2) is 4.79 Å². The van der Waals surface area contributed by atoms with E-state index in [-0.39, 0.29) is 0 Å². The first-order valence-electron chi connectivity index (χ1n) is 6.12. The van der Waals surface area contributed by atoms with Crippen LogP contribution in [-0.2, 0) is 11.2 Å². The van der Waals surface area contributed by atoms with Gasteiger partial charge in [-0.05, 0) is 31.0 Å². The number of nitrogens with two attached hydrogens (primary N) is 1. The Bertz CT molecular complexity index is 426. The van der Waals surface area contributed by atoms with Gasteiger partial charge in [0, 0.05) is 18.1 Å². The van der Waals surface area contributed by atoms with Crippen LogP contribution in [0.4, 0.5) is 4.79 Å². The van der Waals surface area contributed by atoms with E-state index in [2.05, 4.69) is 5.32 Å². The van der Waals surface area contributed by atoms with Crippen LogP contribution in [0.25, 0.3) is 0 Å². The number of hydrogen-bond donors (Lipinski definition) is 2. The van der Waals surface area contributed by atoms with Crippen LogP contribution in [0, 0.1) is 0 Å². The van der Waals surface area contributed by atoms with Crippen molar-refractivity contribution in [2.45, 2.75) is 12.8 Å². The van der Waals surface area contributed by atoms with Crippen LogP contribution in [0.3, 0.4) is 0 Å². The third-order valence-electron chi connectivity index (χ3n) is 2.62. The van der Waals surface area contributed by atoms with Gasteiger partial charge in [-0.1, -0.05) is 29.8 Å². The van der Waals surface area contributed by atoms with Crippen molar-refractivity contribution in [3.63, 3.8) is 0 Å². The summed E-state index contributed by atoms with van der Waals surface area (Å²) in [5.41, 5.74) is 6.30. The highest BCUT2D eigenvalue weighted by atomic mass is 35.5. The van der Waals surface area contributed by atoms with Gasteiger partial charge < -0.3 is 11.1 Å². The van der Waals surface area contributed by atoms with Gasteiger partial charge in [0.2, 0.25) is 6.41 Å². The largest absolute Gasteiger partial charge is 0.337 e. The Labute approximate surface area is 117 Å². The van der Waals surface area contributed by atoms with Crippen LogP contribution >= 0.6 is 11.6 Å². The number of carbonyl (C=O) groups excluding carboxylic acids is 2. The molecule has 0 radical (unpaired) electrons. The maximum atomic E-state index is 11.7. The molecule has 1 aromatic rings. The molecule has 0 aliphatic carbocycles. The molecule has 1 aromatic carbocycles. The number of rotatable bonds is 7. The first kappa shape index (κ1) is 15.5. The first-order chi connectivity index (χ1) is 9.19. The monoisotopic (exact) mass is 283 g/mol. The maximum absolute atomic E-state index is 11.7. The summed E-state index contributed by atoms with van der Waals surface area (Å²) < 4.78 is 0. The Morgan fingerprint density at radius 2 is 2.16 bits per heavy atom. The third kappa shape index (κ3) is 5.28. The van der Waals surface area contributed by atoms with Crippen molar-refractivity contribution in [1.82, 2.24) is 10.2 Å². The van der Waals surface area contributed by atoms with E-state index in [1.165, 1.54) is 0 Å². The van der Waals surface area contributed by atoms with Crippen molar-refractivity contribution in [3.8, 4) is 0 Å². The Morgan fingerprint density at radius 3 is 2.79 bits per heavy atom. The van der Waals surface area contributed by atoms with E-state index in [9.17, 15) is 9.59 Å². The third-order valence-corrected chi connectivity index (χ3v) is 2.99. The van der Waals surface area contributed by atoms with Crippen LogP contribution in [0.1, 0.15) is 12.0 Å². The van der Waals surface area contributed by atoms with Crippen molar-refractivity contribution in [2.24, 2.45) is 5.73 Å². The fraction of sp³-hybridized carbons (Fsp3) is 0.385. The molecule has 0 atom stereocenters. The second-order valence-corrected chi connectivity index (χ2v) is 4.42. The Morgan fingerprint density at radius 1 is 1.42 bits per heavy atom. The number of carbonyl (C=O) groups is 2. The molecule has 0 aromatic heterocycles. The molecule has 0 saturated carbocycles. The molecule has 0 aliphatic rings. The van der Waals surface area contributed by atoms with E-state index < -0.39 is 6.03 Å². The lowest BCUT2D eigenvalue weighted by molar-refractivity contribution is -0.115. The molecule has 0 saturated heterocycles. The summed E-state index contributed by atoms with van der Waals surface area (Å²) in [5.74, 6) is 0. The van der Waals surface area contributed by atoms with Crippen molar-refractivity contribution in [2.75, 3.05) is 19.6 Å². The Kier molecular flexibility index (Phi) is 6.92. The standard InChI is InChI=1S/C13H18ClN3O2/c14-12-5-2-1-4-11(12)6-8-16-13(19)17(10-18)9-3-7-15/h1-2,4-5,10H,3,6-9,15H2,(H,16,19). The zero-order valence-corrected chi connectivity index (χ0v) is 11.4. The molecule has 0 bridgehead atoms. The van der Waals surface area contributed by atoms with Gasteiger partial charge in [0.25, 0.3) is 0 Å². The molecule has 0 spiro atoms. The summed E-state index contributed by atoms with van der Waals surface area (Å²) in [4.78, 5) is 23.5. The van der Waals surface area contributed by atoms with Gasteiger partial charge in [0.15, 0.2) is 0 Å². The molecule has 0 fully saturated rings. The predicted octanol–water partition coefficient (Wildman–Crippen LogP) is 1.40. The van der Waals surface area contributed by atoms with Gasteiger partial charge in [0.05, 0.1) is 0 Å². The van der Waals surface area contributed by atoms with Gasteiger partial charge in [-0.15, -0.1) is 0 Å². The minimum absolute atomic E-state index is 0.331. The number of hydrogen-bond acceptors (Lipinski definition) is 3. The van der Waals surface area contributed by atoms with Crippen LogP contribution in [0.15, 0.2) is 24.3 Å². The van der Waals surface area contributed by atoms with E-state index in [0.717, 1.165) is 10.5 Å². The topological polar surface area (TPSA) is 75.4 Å². The minimum Gasteiger partial charge on any atom is -0.337 e. The van der Waals surface area contributed by atoms with E-state index in [1.807, 2.05) is 18.2 Å². The fourth-order valence-corrected chi connectivity index (χ4v) is 1.80. The first-order valence-corrected chi connectivity index (χ1v) is 6.50. The van der Waals surface area contributed by atoms with Gasteiger partial charge >= 0.3 is 6.03 Å². The number of halogens is 1. The van der Waals surface area contributed by atoms with Crippen molar-refractivity contribution in [3.05, 3.63) is 34.9 Å². The number of nitrogens with zero attached hydrogens (tertiary/aromatic N) is 1. The van der Waals surface area contributed by atoms with Gasteiger partial charge in [0.1, 0.15) is 0 Å². The van der Waals surface area contributed by atoms with Crippen molar-refractivity contribution in [1.29, 1.82) is 0 Å². The molecule has 0 aliphatic heterocycles. The van der Waals surface area contributed by atoms with Gasteiger partial charge in [-0.2, -0.15) is 0 Å². The predicted molar refractivity (Wildman–Crippen MR) is 75.0 cm³/mol. The zero-order valence-electron chi connectivity index (χ0n) is 10.6. The molecule has 3 N–H and O–H groups in total. The van der Waals surface area contributed by atoms with E-state index in [1.54, 1.807) is 6.07 Å². The normalized spacial score (nSPS) is 10.0. The lowest BCUT2D eigenvalue weighted by atomic mass is 10.1. The van der Waals surface area contributed by atoms with Crippen LogP contribution < -0.4 is 11.1 Å². The number of imide groups is 1. The molecule has 104 valence electrons. The van der Waals surface area contributed by atoms with E-state index in [4.69, 9.17) is 17.3 Å². The zero-order chi connectivity index (χ0) is 14.1. The average Bonchev–Trinajstić information content (AvgIpc) is 2.42. The van der Waals surface area contributed by atoms with E-state index in [0.29, 0.717) is 43.9 Å². The van der Waals surface area contributed by atoms with E-state index >= 15 is 0 Å². The highest BCUT2D eigenvalue weighted by molar-refractivity contribution is 6.31. The molecular formula is C13H18ClN3O2. The second-order valence-electron chi connectivity index (χ2n) is 4.01. The summed E-state index contributed by atoms with van der Waals surface area (Å²) in [5, 5.41) is 3.35. The molecule has 3 amide bonds. The molecule has 0 heterocycles. The smallest absolute Gasteiger partial charge is 0.323 e. The van der Waals surface area contributed by atoms with Crippen LogP contribution in [0.2, 0.25) is 5.02 Å². The van der Waals surface area contributed by atoms with Gasteiger partial charge in [-0.3, -0.25) is 9.69 Å². The SMILES string of the molecule is NCCCN(C=O)C(=O)NCCc1ccccc1Cl. The summed E-state index contributed by atoms with van der Waals surface area (Å²) in [6.45, 7) is 1.20. The van der Waals surface area contributed by atoms with Crippen LogP contribution in [0.5, 0.6) is 0 Å². The minimum atomic E-state index is -0.407. The lowest BCUT2D eigenvalue weighted by Crippen LogP contribution is -2.40. The average molecular weight is 284 g/mol. The Balaban J connectivity index is 2.37. The summed E-state index contributed by atoms with van der Waals surface area (Å²) in [7, 11) is 0. The molecule has 6 heteroatoms.